The number of unbranched alkanes of at least 4 members (excludes halogenated alkanes) is 1. The van der Waals surface area contributed by atoms with E-state index in [4.69, 9.17) is 22.6 Å². The topological polar surface area (TPSA) is 643 Å². The van der Waals surface area contributed by atoms with E-state index in [1.807, 2.05) is 0 Å². The predicted octanol–water partition coefficient (Wildman–Crippen LogP) is -4.54. The first-order valence-corrected chi connectivity index (χ1v) is 39.9. The maximum atomic E-state index is 15.2. The van der Waals surface area contributed by atoms with Crippen LogP contribution in [0.2, 0.25) is 0 Å². The Balaban J connectivity index is 1.25. The molecule has 0 radical (unpaired) electrons. The SMILES string of the molecule is CSCC[C@H](NC(=O)[C@H](CO)NC(=O)[C@@H](Cc1ccc(O)cc1)NC(=O)[C@H](CO)NC(C)=O)C(=O)N[C@@H](CCC(=O)O)C(=O)N[C@@H](Cc1cnc[nH]1)C(=O)N[C@H](Cc1ccccc1)C(=O)N[C@@H](CCCNC(=N)N)C(=O)N[C@@H](Cc1c[nH]c2ccccc12)C(=O)NCC(=O)N[C@@H](CCCCN)C(=O)N1CCC[C@H]1C(=O)N[C@H](C(N)=O)C(C)C. The Morgan fingerprint density at radius 2 is 1.09 bits per heavy atom. The van der Waals surface area contributed by atoms with Gasteiger partial charge in [0.15, 0.2) is 5.96 Å². The number of carbonyl (C=O) groups excluding carboxylic acids is 14. The summed E-state index contributed by atoms with van der Waals surface area (Å²) in [5.74, 6) is -14.9. The number of phenolic OH excluding ortho intramolecular Hbond substituents is 1. The van der Waals surface area contributed by atoms with Gasteiger partial charge in [-0.25, -0.2) is 4.98 Å². The van der Waals surface area contributed by atoms with E-state index in [-0.39, 0.29) is 94.1 Å². The van der Waals surface area contributed by atoms with E-state index in [9.17, 15) is 78.0 Å². The molecule has 1 aliphatic rings. The molecule has 118 heavy (non-hydrogen) atoms. The predicted molar refractivity (Wildman–Crippen MR) is 431 cm³/mol. The number of phenols is 1. The summed E-state index contributed by atoms with van der Waals surface area (Å²) in [6, 6.07) is 2.94. The van der Waals surface area contributed by atoms with Crippen molar-refractivity contribution >= 4 is 117 Å². The lowest BCUT2D eigenvalue weighted by Gasteiger charge is -2.30. The molecule has 6 rings (SSSR count). The molecule has 0 bridgehead atoms. The van der Waals surface area contributed by atoms with Crippen LogP contribution in [0.4, 0.5) is 0 Å². The number of para-hydroxylation sites is 1. The molecule has 642 valence electrons. The number of guanidine groups is 1. The number of hydrogen-bond donors (Lipinski definition) is 23. The highest BCUT2D eigenvalue weighted by Gasteiger charge is 2.41. The third kappa shape index (κ3) is 30.8. The number of fused-ring (bicyclic) bond motifs is 1. The van der Waals surface area contributed by atoms with Gasteiger partial charge in [-0.05, 0) is 117 Å². The molecule has 0 aliphatic carbocycles. The Hall–Kier alpha value is -12.2. The maximum absolute atomic E-state index is 15.2. The number of H-pyrrole nitrogens is 2. The lowest BCUT2D eigenvalue weighted by molar-refractivity contribution is -0.142. The monoisotopic (exact) mass is 1660 g/mol. The number of hydrogen-bond acceptors (Lipinski definition) is 22. The highest BCUT2D eigenvalue weighted by Crippen LogP contribution is 2.23. The lowest BCUT2D eigenvalue weighted by atomic mass is 10.0. The molecule has 14 amide bonds. The standard InChI is InChI=1S/C77H109N21O19S/c1-42(2)64(65(79)106)97-75(116)61-20-13-30-98(61)76(117)54(18-10-11-28-78)88-62(103)38-85-66(107)57(34-46-36-84-50-17-9-8-16-49(46)50)94-67(108)51(19-12-29-83-77(80)81)89-70(111)55(32-44-14-6-5-7-15-44)92-72(113)58(35-47-37-82-41-86-47)95-68(109)52(25-26-63(104)105)90-69(110)53(27-31-118-4)91-74(115)60(40-100)96-71(112)56(33-45-21-23-48(102)24-22-45)93-73(114)59(39-99)87-43(3)101/h5-9,14-17,21-24,36-37,41-42,51-61,64,84,99-100,102H,10-13,18-20,25-35,38-40,78H2,1-4H3,(H2,79,106)(H,82,86)(H,85,107)(H,87,101)(H,88,103)(H,89,111)(H,90,110)(H,91,115)(H,92,113)(H,93,114)(H,94,108)(H,95,109)(H,96,112)(H,97,116)(H,104,105)(H4,80,81,83)/t51-,52-,53-,54-,55+,56+,57-,58-,59-,60-,61-,64-/m0/s1. The van der Waals surface area contributed by atoms with Crippen molar-refractivity contribution in [1.82, 2.24) is 89.0 Å². The Bertz CT molecular complexity index is 4250. The van der Waals surface area contributed by atoms with Gasteiger partial charge in [0, 0.05) is 81.1 Å². The number of aliphatic hydroxyl groups is 2. The number of thioether (sulfide) groups is 1. The van der Waals surface area contributed by atoms with Gasteiger partial charge < -0.3 is 122 Å². The number of amides is 14. The molecular weight excluding hydrogens is 1560 g/mol. The fraction of sp³-hybridized carbons (Fsp3) is 0.494. The van der Waals surface area contributed by atoms with Crippen LogP contribution >= 0.6 is 11.8 Å². The third-order valence-electron chi connectivity index (χ3n) is 19.2. The first-order valence-electron chi connectivity index (χ1n) is 38.5. The van der Waals surface area contributed by atoms with Crippen LogP contribution in [0.5, 0.6) is 5.75 Å². The third-order valence-corrected chi connectivity index (χ3v) is 19.9. The van der Waals surface area contributed by atoms with Crippen molar-refractivity contribution in [1.29, 1.82) is 5.41 Å². The fourth-order valence-corrected chi connectivity index (χ4v) is 13.4. The van der Waals surface area contributed by atoms with Crippen molar-refractivity contribution in [3.8, 4) is 5.75 Å². The number of aliphatic carboxylic acids is 1. The average Bonchev–Trinajstić information content (AvgIpc) is 1.64. The first kappa shape index (κ1) is 94.6. The second kappa shape index (κ2) is 48.3. The summed E-state index contributed by atoms with van der Waals surface area (Å²) in [5.41, 5.74) is 19.3. The van der Waals surface area contributed by atoms with E-state index < -0.39 is 206 Å². The molecule has 12 atom stereocenters. The Labute approximate surface area is 684 Å². The van der Waals surface area contributed by atoms with Gasteiger partial charge in [0.05, 0.1) is 26.1 Å². The van der Waals surface area contributed by atoms with Gasteiger partial charge in [-0.3, -0.25) is 77.3 Å². The fourth-order valence-electron chi connectivity index (χ4n) is 12.9. The number of carbonyl (C=O) groups is 15. The van der Waals surface area contributed by atoms with Gasteiger partial charge in [-0.15, -0.1) is 0 Å². The number of aromatic hydroxyl groups is 1. The summed E-state index contributed by atoms with van der Waals surface area (Å²) in [6.07, 6.45) is 4.64. The summed E-state index contributed by atoms with van der Waals surface area (Å²) < 4.78 is 0. The Morgan fingerprint density at radius 1 is 0.576 bits per heavy atom. The number of aliphatic hydroxyl groups excluding tert-OH is 2. The number of carboxylic acid groups (broad SMARTS) is 1. The summed E-state index contributed by atoms with van der Waals surface area (Å²) in [6.45, 7) is 2.20. The van der Waals surface area contributed by atoms with Crippen molar-refractivity contribution in [2.45, 2.75) is 183 Å². The quantitative estimate of drug-likeness (QED) is 0.00991. The van der Waals surface area contributed by atoms with Crippen LogP contribution in [0.15, 0.2) is 97.6 Å². The number of likely N-dealkylation sites (tertiary alicyclic amines) is 1. The largest absolute Gasteiger partial charge is 0.508 e. The van der Waals surface area contributed by atoms with Crippen molar-refractivity contribution in [2.24, 2.45) is 23.1 Å². The Morgan fingerprint density at radius 3 is 1.64 bits per heavy atom. The number of carboxylic acids is 1. The van der Waals surface area contributed by atoms with Crippen LogP contribution in [-0.2, 0) is 97.6 Å². The maximum Gasteiger partial charge on any atom is 0.303 e. The highest BCUT2D eigenvalue weighted by molar-refractivity contribution is 7.98. The molecule has 5 aromatic rings. The summed E-state index contributed by atoms with van der Waals surface area (Å²) >= 11 is 1.23. The summed E-state index contributed by atoms with van der Waals surface area (Å²) in [5, 5.41) is 81.9. The van der Waals surface area contributed by atoms with Crippen LogP contribution in [0.3, 0.4) is 0 Å². The van der Waals surface area contributed by atoms with Gasteiger partial charge in [0.25, 0.3) is 0 Å². The number of nitrogens with two attached hydrogens (primary N) is 3. The molecule has 3 aromatic carbocycles. The second-order valence-corrected chi connectivity index (χ2v) is 29.6. The molecule has 26 N–H and O–H groups in total. The molecular formula is C77H109N21O19S. The summed E-state index contributed by atoms with van der Waals surface area (Å²) in [7, 11) is 0. The van der Waals surface area contributed by atoms with Crippen LogP contribution in [0.1, 0.15) is 107 Å². The molecule has 1 saturated heterocycles. The molecule has 1 fully saturated rings. The number of benzene rings is 3. The summed E-state index contributed by atoms with van der Waals surface area (Å²) in [4.78, 5) is 220. The zero-order chi connectivity index (χ0) is 86.5. The van der Waals surface area contributed by atoms with Gasteiger partial charge in [-0.1, -0.05) is 74.5 Å². The van der Waals surface area contributed by atoms with E-state index in [0.29, 0.717) is 46.9 Å². The number of imidazole rings is 1. The van der Waals surface area contributed by atoms with Crippen LogP contribution in [0, 0.1) is 11.3 Å². The molecule has 2 aromatic heterocycles. The molecule has 3 heterocycles. The van der Waals surface area contributed by atoms with Crippen LogP contribution in [0.25, 0.3) is 10.9 Å². The number of nitrogens with one attached hydrogen (secondary N) is 16. The van der Waals surface area contributed by atoms with Gasteiger partial charge in [0.2, 0.25) is 82.7 Å². The van der Waals surface area contributed by atoms with Crippen LogP contribution < -0.4 is 86.3 Å². The average molecular weight is 1660 g/mol. The van der Waals surface area contributed by atoms with Gasteiger partial charge in [-0.2, -0.15) is 11.8 Å². The van der Waals surface area contributed by atoms with Crippen molar-refractivity contribution in [3.63, 3.8) is 0 Å². The van der Waals surface area contributed by atoms with E-state index in [1.54, 1.807) is 80.9 Å². The minimum Gasteiger partial charge on any atom is -0.508 e. The first-order chi connectivity index (χ1) is 56.3. The van der Waals surface area contributed by atoms with E-state index in [1.165, 1.54) is 53.5 Å². The smallest absolute Gasteiger partial charge is 0.303 e. The zero-order valence-corrected chi connectivity index (χ0v) is 66.9. The molecule has 40 nitrogen and oxygen atoms in total. The van der Waals surface area contributed by atoms with Crippen molar-refractivity contribution < 1.29 is 92.3 Å². The van der Waals surface area contributed by atoms with E-state index in [0.717, 1.165) is 6.92 Å². The van der Waals surface area contributed by atoms with Crippen molar-refractivity contribution in [3.05, 3.63) is 120 Å². The van der Waals surface area contributed by atoms with Crippen molar-refractivity contribution in [2.75, 3.05) is 51.4 Å². The van der Waals surface area contributed by atoms with E-state index >= 15 is 14.4 Å². The highest BCUT2D eigenvalue weighted by atomic mass is 32.2. The van der Waals surface area contributed by atoms with Gasteiger partial charge in [0.1, 0.15) is 78.3 Å². The number of rotatable bonds is 50. The zero-order valence-electron chi connectivity index (χ0n) is 66.0. The molecule has 0 spiro atoms. The van der Waals surface area contributed by atoms with Crippen LogP contribution in [-0.4, -0.2) is 259 Å². The molecule has 1 aliphatic heterocycles. The molecule has 0 unspecified atom stereocenters. The Kier molecular flexibility index (Phi) is 38.8. The number of primary amides is 1. The normalized spacial score (nSPS) is 15.2. The second-order valence-electron chi connectivity index (χ2n) is 28.7. The number of nitrogens with zero attached hydrogens (tertiary/aromatic N) is 2. The minimum atomic E-state index is -1.84. The number of aromatic nitrogens is 3. The molecule has 0 saturated carbocycles. The number of aromatic amines is 2. The van der Waals surface area contributed by atoms with Gasteiger partial charge >= 0.3 is 5.97 Å². The minimum absolute atomic E-state index is 0.00491. The van der Waals surface area contributed by atoms with E-state index in [2.05, 4.69) is 84.1 Å². The molecule has 41 heteroatoms. The lowest BCUT2D eigenvalue weighted by Crippen LogP contribution is -2.61.